The standard InChI is InChI=1S/C25H24O4/c1-17-7-11-20(12-8-17)21-13-9-19(10-14-21)16-23(25(28)29)22(24(26)27)15-18-5-3-2-4-6-18/h2-14,22-23H,15-16H2,1H3,(H,26,27)(H,28,29). The van der Waals surface area contributed by atoms with Gasteiger partial charge in [0, 0.05) is 0 Å². The Bertz CT molecular complexity index is 960. The van der Waals surface area contributed by atoms with Crippen molar-refractivity contribution in [3.8, 4) is 11.1 Å². The first-order valence-electron chi connectivity index (χ1n) is 9.59. The minimum absolute atomic E-state index is 0.174. The summed E-state index contributed by atoms with van der Waals surface area (Å²) >= 11 is 0. The Labute approximate surface area is 170 Å². The first-order valence-corrected chi connectivity index (χ1v) is 9.59. The minimum atomic E-state index is -1.09. The molecule has 0 saturated heterocycles. The van der Waals surface area contributed by atoms with Crippen molar-refractivity contribution in [1.29, 1.82) is 0 Å². The van der Waals surface area contributed by atoms with Crippen LogP contribution in [0.25, 0.3) is 11.1 Å². The summed E-state index contributed by atoms with van der Waals surface area (Å²) in [4.78, 5) is 23.7. The average Bonchev–Trinajstić information content (AvgIpc) is 2.72. The molecule has 148 valence electrons. The average molecular weight is 388 g/mol. The Morgan fingerprint density at radius 3 is 1.52 bits per heavy atom. The van der Waals surface area contributed by atoms with E-state index < -0.39 is 23.8 Å². The monoisotopic (exact) mass is 388 g/mol. The summed E-state index contributed by atoms with van der Waals surface area (Å²) in [5, 5.41) is 19.4. The van der Waals surface area contributed by atoms with Crippen molar-refractivity contribution in [1.82, 2.24) is 0 Å². The van der Waals surface area contributed by atoms with Gasteiger partial charge in [-0.25, -0.2) is 0 Å². The molecule has 0 amide bonds. The van der Waals surface area contributed by atoms with Gasteiger partial charge in [-0.15, -0.1) is 0 Å². The molecule has 3 aromatic rings. The topological polar surface area (TPSA) is 74.6 Å². The summed E-state index contributed by atoms with van der Waals surface area (Å²) in [7, 11) is 0. The van der Waals surface area contributed by atoms with Gasteiger partial charge in [-0.05, 0) is 42.0 Å². The predicted octanol–water partition coefficient (Wildman–Crippen LogP) is 4.85. The van der Waals surface area contributed by atoms with Gasteiger partial charge in [-0.3, -0.25) is 9.59 Å². The molecule has 0 saturated carbocycles. The van der Waals surface area contributed by atoms with Crippen molar-refractivity contribution in [3.05, 3.63) is 95.6 Å². The number of carboxylic acids is 2. The lowest BCUT2D eigenvalue weighted by atomic mass is 9.82. The zero-order valence-electron chi connectivity index (χ0n) is 16.3. The van der Waals surface area contributed by atoms with Crippen LogP contribution in [-0.4, -0.2) is 22.2 Å². The first-order chi connectivity index (χ1) is 13.9. The second-order valence-corrected chi connectivity index (χ2v) is 7.35. The summed E-state index contributed by atoms with van der Waals surface area (Å²) < 4.78 is 0. The van der Waals surface area contributed by atoms with E-state index in [0.29, 0.717) is 0 Å². The van der Waals surface area contributed by atoms with E-state index in [1.807, 2.05) is 85.8 Å². The molecular weight excluding hydrogens is 364 g/mol. The zero-order chi connectivity index (χ0) is 20.8. The maximum Gasteiger partial charge on any atom is 0.307 e. The fraction of sp³-hybridized carbons (Fsp3) is 0.200. The third-order valence-corrected chi connectivity index (χ3v) is 5.21. The van der Waals surface area contributed by atoms with Gasteiger partial charge >= 0.3 is 11.9 Å². The van der Waals surface area contributed by atoms with Crippen LogP contribution in [-0.2, 0) is 22.4 Å². The van der Waals surface area contributed by atoms with Crippen LogP contribution in [0.3, 0.4) is 0 Å². The molecule has 4 heteroatoms. The van der Waals surface area contributed by atoms with E-state index in [1.165, 1.54) is 5.56 Å². The zero-order valence-corrected chi connectivity index (χ0v) is 16.3. The van der Waals surface area contributed by atoms with Crippen LogP contribution in [0.2, 0.25) is 0 Å². The third-order valence-electron chi connectivity index (χ3n) is 5.21. The van der Waals surface area contributed by atoms with Crippen molar-refractivity contribution < 1.29 is 19.8 Å². The van der Waals surface area contributed by atoms with E-state index in [-0.39, 0.29) is 12.8 Å². The van der Waals surface area contributed by atoms with Gasteiger partial charge in [0.1, 0.15) is 0 Å². The molecule has 29 heavy (non-hydrogen) atoms. The second kappa shape index (κ2) is 9.20. The highest BCUT2D eigenvalue weighted by Gasteiger charge is 2.34. The van der Waals surface area contributed by atoms with Crippen molar-refractivity contribution >= 4 is 11.9 Å². The Hall–Kier alpha value is -3.40. The van der Waals surface area contributed by atoms with Crippen molar-refractivity contribution in [3.63, 3.8) is 0 Å². The van der Waals surface area contributed by atoms with Crippen LogP contribution in [0.1, 0.15) is 16.7 Å². The number of aryl methyl sites for hydroxylation is 1. The van der Waals surface area contributed by atoms with Crippen LogP contribution in [0.4, 0.5) is 0 Å². The van der Waals surface area contributed by atoms with Crippen LogP contribution in [0.5, 0.6) is 0 Å². The third kappa shape index (κ3) is 5.32. The molecule has 2 atom stereocenters. The molecule has 4 nitrogen and oxygen atoms in total. The van der Waals surface area contributed by atoms with E-state index in [0.717, 1.165) is 22.3 Å². The lowest BCUT2D eigenvalue weighted by Gasteiger charge is -2.21. The van der Waals surface area contributed by atoms with E-state index in [2.05, 4.69) is 0 Å². The normalized spacial score (nSPS) is 12.9. The number of hydrogen-bond acceptors (Lipinski definition) is 2. The van der Waals surface area contributed by atoms with E-state index >= 15 is 0 Å². The Morgan fingerprint density at radius 1 is 0.655 bits per heavy atom. The lowest BCUT2D eigenvalue weighted by Crippen LogP contribution is -2.33. The van der Waals surface area contributed by atoms with Gasteiger partial charge in [0.05, 0.1) is 11.8 Å². The highest BCUT2D eigenvalue weighted by Crippen LogP contribution is 2.25. The van der Waals surface area contributed by atoms with Crippen molar-refractivity contribution in [2.75, 3.05) is 0 Å². The fourth-order valence-electron chi connectivity index (χ4n) is 3.50. The molecule has 0 heterocycles. The molecule has 2 unspecified atom stereocenters. The Balaban J connectivity index is 1.79. The van der Waals surface area contributed by atoms with Crippen LogP contribution < -0.4 is 0 Å². The molecule has 0 aliphatic carbocycles. The van der Waals surface area contributed by atoms with Gasteiger partial charge < -0.3 is 10.2 Å². The fourth-order valence-corrected chi connectivity index (χ4v) is 3.50. The maximum atomic E-state index is 11.9. The maximum absolute atomic E-state index is 11.9. The van der Waals surface area contributed by atoms with Gasteiger partial charge in [-0.2, -0.15) is 0 Å². The Morgan fingerprint density at radius 2 is 1.07 bits per heavy atom. The Kier molecular flexibility index (Phi) is 6.45. The van der Waals surface area contributed by atoms with Crippen molar-refractivity contribution in [2.45, 2.75) is 19.8 Å². The first kappa shape index (κ1) is 20.3. The molecule has 0 aromatic heterocycles. The highest BCUT2D eigenvalue weighted by atomic mass is 16.4. The highest BCUT2D eigenvalue weighted by molar-refractivity contribution is 5.80. The smallest absolute Gasteiger partial charge is 0.307 e. The van der Waals surface area contributed by atoms with Gasteiger partial charge in [0.15, 0.2) is 0 Å². The molecule has 2 N–H and O–H groups in total. The van der Waals surface area contributed by atoms with E-state index in [9.17, 15) is 19.8 Å². The lowest BCUT2D eigenvalue weighted by molar-refractivity contribution is -0.153. The number of carboxylic acid groups (broad SMARTS) is 2. The molecule has 0 aliphatic rings. The minimum Gasteiger partial charge on any atom is -0.481 e. The van der Waals surface area contributed by atoms with Gasteiger partial charge in [0.2, 0.25) is 0 Å². The SMILES string of the molecule is Cc1ccc(-c2ccc(CC(C(=O)O)C(Cc3ccccc3)C(=O)O)cc2)cc1. The summed E-state index contributed by atoms with van der Waals surface area (Å²) in [5.74, 6) is -4.17. The molecule has 3 aromatic carbocycles. The van der Waals surface area contributed by atoms with Crippen LogP contribution >= 0.6 is 0 Å². The largest absolute Gasteiger partial charge is 0.481 e. The van der Waals surface area contributed by atoms with E-state index in [4.69, 9.17) is 0 Å². The molecule has 0 bridgehead atoms. The number of rotatable bonds is 8. The molecule has 0 aliphatic heterocycles. The molecule has 0 radical (unpaired) electrons. The quantitative estimate of drug-likeness (QED) is 0.578. The molecular formula is C25H24O4. The number of hydrogen-bond donors (Lipinski definition) is 2. The second-order valence-electron chi connectivity index (χ2n) is 7.35. The molecule has 0 spiro atoms. The van der Waals surface area contributed by atoms with Crippen molar-refractivity contribution in [2.24, 2.45) is 11.8 Å². The van der Waals surface area contributed by atoms with E-state index in [1.54, 1.807) is 0 Å². The van der Waals surface area contributed by atoms with Crippen LogP contribution in [0.15, 0.2) is 78.9 Å². The van der Waals surface area contributed by atoms with Gasteiger partial charge in [-0.1, -0.05) is 84.4 Å². The molecule has 0 fully saturated rings. The number of carbonyl (C=O) groups is 2. The number of benzene rings is 3. The summed E-state index contributed by atoms with van der Waals surface area (Å²) in [6.07, 6.45) is 0.363. The summed E-state index contributed by atoms with van der Waals surface area (Å²) in [6, 6.07) is 25.0. The molecule has 3 rings (SSSR count). The summed E-state index contributed by atoms with van der Waals surface area (Å²) in [5.41, 5.74) is 4.95. The number of aliphatic carboxylic acids is 2. The van der Waals surface area contributed by atoms with Crippen LogP contribution in [0, 0.1) is 18.8 Å². The van der Waals surface area contributed by atoms with Gasteiger partial charge in [0.25, 0.3) is 0 Å². The summed E-state index contributed by atoms with van der Waals surface area (Å²) in [6.45, 7) is 2.03. The predicted molar refractivity (Wildman–Crippen MR) is 113 cm³/mol.